The highest BCUT2D eigenvalue weighted by molar-refractivity contribution is 6.30. The van der Waals surface area contributed by atoms with Crippen molar-refractivity contribution in [3.63, 3.8) is 0 Å². The first-order chi connectivity index (χ1) is 9.40. The summed E-state index contributed by atoms with van der Waals surface area (Å²) in [6.45, 7) is 6.21. The first-order valence-electron chi connectivity index (χ1n) is 6.86. The number of rotatable bonds is 4. The van der Waals surface area contributed by atoms with Gasteiger partial charge >= 0.3 is 0 Å². The van der Waals surface area contributed by atoms with Crippen LogP contribution in [0, 0.1) is 6.92 Å². The fourth-order valence-corrected chi connectivity index (χ4v) is 2.69. The predicted octanol–water partition coefficient (Wildman–Crippen LogP) is 3.78. The van der Waals surface area contributed by atoms with Crippen LogP contribution in [0.5, 0.6) is 0 Å². The Kier molecular flexibility index (Phi) is 4.51. The van der Waals surface area contributed by atoms with E-state index >= 15 is 0 Å². The van der Waals surface area contributed by atoms with Crippen LogP contribution in [0.2, 0.25) is 5.15 Å². The molecule has 2 rings (SSSR count). The summed E-state index contributed by atoms with van der Waals surface area (Å²) in [5, 5.41) is 15.1. The number of aryl methyl sites for hydroxylation is 2. The van der Waals surface area contributed by atoms with E-state index in [4.69, 9.17) is 11.6 Å². The Morgan fingerprint density at radius 3 is 2.30 bits per heavy atom. The van der Waals surface area contributed by atoms with Crippen LogP contribution in [-0.2, 0) is 13.5 Å². The molecule has 1 aromatic heterocycles. The van der Waals surface area contributed by atoms with E-state index in [-0.39, 0.29) is 0 Å². The number of aromatic nitrogens is 2. The Labute approximate surface area is 125 Å². The second kappa shape index (κ2) is 5.98. The molecule has 20 heavy (non-hydrogen) atoms. The van der Waals surface area contributed by atoms with Gasteiger partial charge in [-0.3, -0.25) is 4.68 Å². The largest absolute Gasteiger partial charge is 0.388 e. The second-order valence-electron chi connectivity index (χ2n) is 5.53. The van der Waals surface area contributed by atoms with Crippen LogP contribution in [0.3, 0.4) is 0 Å². The van der Waals surface area contributed by atoms with Gasteiger partial charge in [0.05, 0.1) is 11.8 Å². The Balaban J connectivity index is 2.17. The Morgan fingerprint density at radius 1 is 1.25 bits per heavy atom. The Hall–Kier alpha value is -1.32. The summed E-state index contributed by atoms with van der Waals surface area (Å²) in [5.74, 6) is 0.518. The molecule has 0 fully saturated rings. The van der Waals surface area contributed by atoms with Crippen LogP contribution >= 0.6 is 11.6 Å². The summed E-state index contributed by atoms with van der Waals surface area (Å²) in [6.07, 6.45) is -0.0777. The Bertz CT molecular complexity index is 587. The van der Waals surface area contributed by atoms with Crippen molar-refractivity contribution >= 4 is 11.6 Å². The molecule has 0 amide bonds. The summed E-state index contributed by atoms with van der Waals surface area (Å²) in [7, 11) is 1.78. The van der Waals surface area contributed by atoms with Gasteiger partial charge in [-0.1, -0.05) is 49.7 Å². The first kappa shape index (κ1) is 15.1. The lowest BCUT2D eigenvalue weighted by Gasteiger charge is -2.12. The van der Waals surface area contributed by atoms with Crippen molar-refractivity contribution in [2.45, 2.75) is 39.2 Å². The molecule has 1 N–H and O–H groups in total. The normalized spacial score (nSPS) is 12.9. The van der Waals surface area contributed by atoms with Crippen LogP contribution in [-0.4, -0.2) is 14.9 Å². The maximum Gasteiger partial charge on any atom is 0.132 e. The summed E-state index contributed by atoms with van der Waals surface area (Å²) in [4.78, 5) is 0. The summed E-state index contributed by atoms with van der Waals surface area (Å²) in [6, 6.07) is 8.37. The van der Waals surface area contributed by atoms with Crippen LogP contribution in [0.15, 0.2) is 24.3 Å². The van der Waals surface area contributed by atoms with E-state index in [1.807, 2.05) is 6.92 Å². The molecular formula is C16H21ClN2O. The van der Waals surface area contributed by atoms with E-state index < -0.39 is 6.10 Å². The van der Waals surface area contributed by atoms with Crippen molar-refractivity contribution in [2.24, 2.45) is 7.05 Å². The van der Waals surface area contributed by atoms with Crippen LogP contribution in [0.4, 0.5) is 0 Å². The maximum atomic E-state index is 10.4. The van der Waals surface area contributed by atoms with Gasteiger partial charge in [0.2, 0.25) is 0 Å². The number of aliphatic hydroxyl groups excluding tert-OH is 1. The molecule has 108 valence electrons. The third-order valence-corrected chi connectivity index (χ3v) is 4.05. The van der Waals surface area contributed by atoms with Gasteiger partial charge in [-0.05, 0) is 24.0 Å². The molecule has 4 heteroatoms. The number of hydrogen-bond acceptors (Lipinski definition) is 2. The lowest BCUT2D eigenvalue weighted by molar-refractivity contribution is 0.178. The second-order valence-corrected chi connectivity index (χ2v) is 5.89. The molecular weight excluding hydrogens is 272 g/mol. The minimum absolute atomic E-state index is 0.508. The third-order valence-electron chi connectivity index (χ3n) is 3.60. The zero-order chi connectivity index (χ0) is 14.9. The van der Waals surface area contributed by atoms with Crippen molar-refractivity contribution < 1.29 is 5.11 Å². The van der Waals surface area contributed by atoms with E-state index in [9.17, 15) is 5.11 Å². The molecule has 1 aromatic carbocycles. The molecule has 1 heterocycles. The van der Waals surface area contributed by atoms with Crippen molar-refractivity contribution in [2.75, 3.05) is 0 Å². The van der Waals surface area contributed by atoms with E-state index in [0.29, 0.717) is 17.5 Å². The fraction of sp³-hybridized carbons (Fsp3) is 0.438. The van der Waals surface area contributed by atoms with E-state index in [2.05, 4.69) is 43.2 Å². The number of aliphatic hydroxyl groups is 1. The summed E-state index contributed by atoms with van der Waals surface area (Å²) in [5.41, 5.74) is 3.91. The minimum Gasteiger partial charge on any atom is -0.388 e. The zero-order valence-electron chi connectivity index (χ0n) is 12.4. The smallest absolute Gasteiger partial charge is 0.132 e. The van der Waals surface area contributed by atoms with Gasteiger partial charge in [0, 0.05) is 19.0 Å². The highest BCUT2D eigenvalue weighted by Crippen LogP contribution is 2.28. The van der Waals surface area contributed by atoms with Gasteiger partial charge < -0.3 is 5.11 Å². The summed E-state index contributed by atoms with van der Waals surface area (Å²) < 4.78 is 1.59. The van der Waals surface area contributed by atoms with E-state index in [1.54, 1.807) is 11.7 Å². The fourth-order valence-electron chi connectivity index (χ4n) is 2.39. The molecule has 2 aromatic rings. The van der Waals surface area contributed by atoms with E-state index in [1.165, 1.54) is 5.56 Å². The molecule has 0 aliphatic heterocycles. The maximum absolute atomic E-state index is 10.4. The lowest BCUT2D eigenvalue weighted by Crippen LogP contribution is -2.03. The van der Waals surface area contributed by atoms with Gasteiger partial charge in [0.25, 0.3) is 0 Å². The highest BCUT2D eigenvalue weighted by atomic mass is 35.5. The predicted molar refractivity (Wildman–Crippen MR) is 82.1 cm³/mol. The first-order valence-corrected chi connectivity index (χ1v) is 7.23. The van der Waals surface area contributed by atoms with Crippen molar-refractivity contribution in [1.29, 1.82) is 0 Å². The van der Waals surface area contributed by atoms with E-state index in [0.717, 1.165) is 16.8 Å². The number of benzene rings is 1. The number of halogens is 1. The molecule has 0 aliphatic rings. The minimum atomic E-state index is -0.624. The van der Waals surface area contributed by atoms with Gasteiger partial charge in [-0.25, -0.2) is 0 Å². The monoisotopic (exact) mass is 292 g/mol. The van der Waals surface area contributed by atoms with Gasteiger partial charge in [-0.2, -0.15) is 5.10 Å². The molecule has 0 bridgehead atoms. The lowest BCUT2D eigenvalue weighted by atomic mass is 9.98. The van der Waals surface area contributed by atoms with Crippen LogP contribution in [0.1, 0.15) is 48.3 Å². The molecule has 0 spiro atoms. The number of nitrogens with zero attached hydrogens (tertiary/aromatic N) is 2. The molecule has 3 nitrogen and oxygen atoms in total. The Morgan fingerprint density at radius 2 is 1.85 bits per heavy atom. The van der Waals surface area contributed by atoms with Crippen molar-refractivity contribution in [1.82, 2.24) is 9.78 Å². The quantitative estimate of drug-likeness (QED) is 0.931. The molecule has 1 atom stereocenters. The molecule has 1 unspecified atom stereocenters. The van der Waals surface area contributed by atoms with Crippen LogP contribution < -0.4 is 0 Å². The molecule has 0 radical (unpaired) electrons. The summed E-state index contributed by atoms with van der Waals surface area (Å²) >= 11 is 6.18. The van der Waals surface area contributed by atoms with Crippen molar-refractivity contribution in [3.8, 4) is 0 Å². The average Bonchev–Trinajstić information content (AvgIpc) is 2.63. The molecule has 0 aliphatic carbocycles. The van der Waals surface area contributed by atoms with Crippen molar-refractivity contribution in [3.05, 3.63) is 51.8 Å². The highest BCUT2D eigenvalue weighted by Gasteiger charge is 2.19. The van der Waals surface area contributed by atoms with Gasteiger partial charge in [0.1, 0.15) is 5.15 Å². The van der Waals surface area contributed by atoms with Crippen LogP contribution in [0.25, 0.3) is 0 Å². The van der Waals surface area contributed by atoms with Gasteiger partial charge in [-0.15, -0.1) is 0 Å². The topological polar surface area (TPSA) is 38.0 Å². The third kappa shape index (κ3) is 3.05. The number of hydrogen-bond donors (Lipinski definition) is 1. The standard InChI is InChI=1S/C16H21ClN2O/c1-10(2)13-7-5-12(6-8-13)9-14(20)15-11(3)18-19(4)16(15)17/h5-8,10,14,20H,9H2,1-4H3. The zero-order valence-corrected chi connectivity index (χ0v) is 13.1. The SMILES string of the molecule is Cc1nn(C)c(Cl)c1C(O)Cc1ccc(C(C)C)cc1. The average molecular weight is 293 g/mol. The van der Waals surface area contributed by atoms with Gasteiger partial charge in [0.15, 0.2) is 0 Å². The molecule has 0 saturated heterocycles. The molecule has 0 saturated carbocycles.